The molecule has 6 heteroatoms. The highest BCUT2D eigenvalue weighted by Gasteiger charge is 2.16. The van der Waals surface area contributed by atoms with Gasteiger partial charge in [-0.15, -0.1) is 0 Å². The summed E-state index contributed by atoms with van der Waals surface area (Å²) in [6.45, 7) is 0. The maximum Gasteiger partial charge on any atom is 0.303 e. The van der Waals surface area contributed by atoms with E-state index in [1.807, 2.05) is 0 Å². The number of aromatic hydroxyl groups is 2. The van der Waals surface area contributed by atoms with E-state index in [2.05, 4.69) is 0 Å². The summed E-state index contributed by atoms with van der Waals surface area (Å²) in [4.78, 5) is 23.7. The van der Waals surface area contributed by atoms with Crippen LogP contribution in [0.25, 0.3) is 22.1 Å². The van der Waals surface area contributed by atoms with Crippen LogP contribution >= 0.6 is 0 Å². The van der Waals surface area contributed by atoms with E-state index in [4.69, 9.17) is 9.52 Å². The van der Waals surface area contributed by atoms with Crippen molar-refractivity contribution < 1.29 is 24.5 Å². The highest BCUT2D eigenvalue weighted by molar-refractivity contribution is 5.83. The molecule has 0 amide bonds. The summed E-state index contributed by atoms with van der Waals surface area (Å²) in [5.41, 5.74) is 1.16. The number of hydrogen-bond acceptors (Lipinski definition) is 5. The molecule has 0 radical (unpaired) electrons. The van der Waals surface area contributed by atoms with Gasteiger partial charge in [0, 0.05) is 18.9 Å². The van der Waals surface area contributed by atoms with E-state index in [1.54, 1.807) is 12.1 Å². The van der Waals surface area contributed by atoms with Gasteiger partial charge in [-0.1, -0.05) is 18.6 Å². The van der Waals surface area contributed by atoms with Crippen LogP contribution in [-0.2, 0) is 11.2 Å². The van der Waals surface area contributed by atoms with Crippen LogP contribution < -0.4 is 5.43 Å². The molecule has 0 saturated heterocycles. The van der Waals surface area contributed by atoms with Gasteiger partial charge in [0.1, 0.15) is 22.8 Å². The second-order valence-corrected chi connectivity index (χ2v) is 6.41. The Morgan fingerprint density at radius 3 is 2.33 bits per heavy atom. The Balaban J connectivity index is 2.00. The number of unbranched alkanes of at least 4 members (excludes halogenated alkanes) is 2. The molecule has 27 heavy (non-hydrogen) atoms. The van der Waals surface area contributed by atoms with Crippen molar-refractivity contribution in [2.45, 2.75) is 32.1 Å². The Morgan fingerprint density at radius 2 is 1.63 bits per heavy atom. The summed E-state index contributed by atoms with van der Waals surface area (Å²) >= 11 is 0. The first-order valence-corrected chi connectivity index (χ1v) is 8.75. The Morgan fingerprint density at radius 1 is 0.926 bits per heavy atom. The number of hydrogen-bond donors (Lipinski definition) is 3. The van der Waals surface area contributed by atoms with E-state index in [0.717, 1.165) is 0 Å². The van der Waals surface area contributed by atoms with Crippen LogP contribution in [0.15, 0.2) is 51.7 Å². The lowest BCUT2D eigenvalue weighted by atomic mass is 9.99. The van der Waals surface area contributed by atoms with Crippen molar-refractivity contribution in [2.24, 2.45) is 0 Å². The minimum Gasteiger partial charge on any atom is -0.508 e. The number of carboxylic acids is 1. The van der Waals surface area contributed by atoms with Crippen LogP contribution in [0.4, 0.5) is 0 Å². The van der Waals surface area contributed by atoms with Gasteiger partial charge in [-0.25, -0.2) is 0 Å². The summed E-state index contributed by atoms with van der Waals surface area (Å²) < 4.78 is 5.93. The topological polar surface area (TPSA) is 108 Å². The van der Waals surface area contributed by atoms with Crippen molar-refractivity contribution in [1.82, 2.24) is 0 Å². The van der Waals surface area contributed by atoms with Crippen LogP contribution in [0, 0.1) is 0 Å². The molecule has 3 N–H and O–H groups in total. The smallest absolute Gasteiger partial charge is 0.303 e. The second-order valence-electron chi connectivity index (χ2n) is 6.41. The zero-order valence-corrected chi connectivity index (χ0v) is 14.6. The third-order valence-electron chi connectivity index (χ3n) is 4.40. The maximum atomic E-state index is 13.0. The fourth-order valence-corrected chi connectivity index (χ4v) is 3.06. The molecule has 0 bridgehead atoms. The largest absolute Gasteiger partial charge is 0.508 e. The van der Waals surface area contributed by atoms with E-state index in [0.29, 0.717) is 53.5 Å². The SMILES string of the molecule is O=C(O)CCCCCc1oc2cc(O)ccc2c(=O)c1-c1ccc(O)cc1. The zero-order chi connectivity index (χ0) is 19.4. The molecule has 3 rings (SSSR count). The second kappa shape index (κ2) is 7.95. The van der Waals surface area contributed by atoms with Crippen molar-refractivity contribution >= 4 is 16.9 Å². The molecule has 0 aliphatic rings. The molecule has 3 aromatic rings. The maximum absolute atomic E-state index is 13.0. The van der Waals surface area contributed by atoms with Crippen molar-refractivity contribution in [3.8, 4) is 22.6 Å². The number of phenolic OH excluding ortho intramolecular Hbond substituents is 2. The molecule has 0 atom stereocenters. The highest BCUT2D eigenvalue weighted by atomic mass is 16.4. The predicted octanol–water partition coefficient (Wildman–Crippen LogP) is 4.06. The van der Waals surface area contributed by atoms with E-state index in [9.17, 15) is 19.8 Å². The monoisotopic (exact) mass is 368 g/mol. The molecule has 2 aromatic carbocycles. The van der Waals surface area contributed by atoms with Crippen molar-refractivity contribution in [3.63, 3.8) is 0 Å². The molecule has 1 heterocycles. The van der Waals surface area contributed by atoms with E-state index in [1.165, 1.54) is 30.3 Å². The molecule has 0 saturated carbocycles. The zero-order valence-electron chi connectivity index (χ0n) is 14.6. The van der Waals surface area contributed by atoms with E-state index in [-0.39, 0.29) is 23.3 Å². The van der Waals surface area contributed by atoms with Crippen molar-refractivity contribution in [3.05, 3.63) is 58.4 Å². The third kappa shape index (κ3) is 4.28. The first kappa shape index (κ1) is 18.5. The average Bonchev–Trinajstić information content (AvgIpc) is 2.62. The van der Waals surface area contributed by atoms with Gasteiger partial charge in [-0.3, -0.25) is 9.59 Å². The summed E-state index contributed by atoms with van der Waals surface area (Å²) in [5.74, 6) is -0.230. The molecule has 0 aliphatic heterocycles. The van der Waals surface area contributed by atoms with Gasteiger partial charge in [-0.05, 0) is 42.7 Å². The number of fused-ring (bicyclic) bond motifs is 1. The summed E-state index contributed by atoms with van der Waals surface area (Å²) in [7, 11) is 0. The lowest BCUT2D eigenvalue weighted by molar-refractivity contribution is -0.137. The number of benzene rings is 2. The van der Waals surface area contributed by atoms with Gasteiger partial charge in [0.15, 0.2) is 0 Å². The molecule has 0 unspecified atom stereocenters. The van der Waals surface area contributed by atoms with E-state index < -0.39 is 5.97 Å². The number of carboxylic acid groups (broad SMARTS) is 1. The Bertz CT molecular complexity index is 1020. The highest BCUT2D eigenvalue weighted by Crippen LogP contribution is 2.28. The summed E-state index contributed by atoms with van der Waals surface area (Å²) in [6.07, 6.45) is 2.51. The van der Waals surface area contributed by atoms with Gasteiger partial charge >= 0.3 is 5.97 Å². The molecular weight excluding hydrogens is 348 g/mol. The minimum atomic E-state index is -0.826. The molecule has 0 spiro atoms. The van der Waals surface area contributed by atoms with Gasteiger partial charge in [0.2, 0.25) is 5.43 Å². The van der Waals surface area contributed by atoms with E-state index >= 15 is 0 Å². The standard InChI is InChI=1S/C21H20O6/c22-14-8-6-13(7-9-14)20-17(4-2-1-3-5-19(24)25)27-18-12-15(23)10-11-16(18)21(20)26/h6-12,22-23H,1-5H2,(H,24,25). The number of rotatable bonds is 7. The third-order valence-corrected chi connectivity index (χ3v) is 4.40. The number of aliphatic carboxylic acids is 1. The lowest BCUT2D eigenvalue weighted by Gasteiger charge is -2.11. The van der Waals surface area contributed by atoms with Crippen LogP contribution in [0.5, 0.6) is 11.5 Å². The molecule has 6 nitrogen and oxygen atoms in total. The van der Waals surface area contributed by atoms with Crippen LogP contribution in [0.3, 0.4) is 0 Å². The first-order chi connectivity index (χ1) is 13.0. The Hall–Kier alpha value is -3.28. The molecular formula is C21H20O6. The summed E-state index contributed by atoms with van der Waals surface area (Å²) in [6, 6.07) is 10.7. The quantitative estimate of drug-likeness (QED) is 0.543. The molecule has 0 fully saturated rings. The number of phenols is 2. The van der Waals surface area contributed by atoms with Gasteiger partial charge < -0.3 is 19.7 Å². The molecule has 0 aliphatic carbocycles. The summed E-state index contributed by atoms with van der Waals surface area (Å²) in [5, 5.41) is 28.3. The van der Waals surface area contributed by atoms with Crippen LogP contribution in [0.1, 0.15) is 31.4 Å². The van der Waals surface area contributed by atoms with Crippen LogP contribution in [-0.4, -0.2) is 21.3 Å². The van der Waals surface area contributed by atoms with Crippen molar-refractivity contribution in [1.29, 1.82) is 0 Å². The fourth-order valence-electron chi connectivity index (χ4n) is 3.06. The Kier molecular flexibility index (Phi) is 5.45. The van der Waals surface area contributed by atoms with Gasteiger partial charge in [-0.2, -0.15) is 0 Å². The molecule has 140 valence electrons. The minimum absolute atomic E-state index is 0.00967. The van der Waals surface area contributed by atoms with Gasteiger partial charge in [0.05, 0.1) is 10.9 Å². The fraction of sp³-hybridized carbons (Fsp3) is 0.238. The first-order valence-electron chi connectivity index (χ1n) is 8.75. The Labute approximate surface area is 155 Å². The predicted molar refractivity (Wildman–Crippen MR) is 101 cm³/mol. The number of carbonyl (C=O) groups is 1. The number of aryl methyl sites for hydroxylation is 1. The normalized spacial score (nSPS) is 11.0. The van der Waals surface area contributed by atoms with Crippen LogP contribution in [0.2, 0.25) is 0 Å². The van der Waals surface area contributed by atoms with Gasteiger partial charge in [0.25, 0.3) is 0 Å². The lowest BCUT2D eigenvalue weighted by Crippen LogP contribution is -2.09. The van der Waals surface area contributed by atoms with Crippen molar-refractivity contribution in [2.75, 3.05) is 0 Å². The molecule has 1 aromatic heterocycles. The average molecular weight is 368 g/mol.